The van der Waals surface area contributed by atoms with Crippen LogP contribution in [0.15, 0.2) is 12.1 Å². The summed E-state index contributed by atoms with van der Waals surface area (Å²) in [6, 6.07) is 2.54. The van der Waals surface area contributed by atoms with Gasteiger partial charge >= 0.3 is 5.97 Å². The Balaban J connectivity index is 2.56. The van der Waals surface area contributed by atoms with Crippen molar-refractivity contribution in [2.24, 2.45) is 0 Å². The summed E-state index contributed by atoms with van der Waals surface area (Å²) in [5, 5.41) is 9.66. The Morgan fingerprint density at radius 3 is 2.56 bits per heavy atom. The molecule has 5 heteroatoms. The molecular weight excluding hydrogens is 259 g/mol. The zero-order chi connectivity index (χ0) is 13.3. The summed E-state index contributed by atoms with van der Waals surface area (Å²) in [5.41, 5.74) is -0.974. The first-order valence-corrected chi connectivity index (χ1v) is 6.16. The standard InChI is InChI=1S/C13H14ClFO3/c1-18-11-7-10(15)8(6-9(11)14)13(12(16)17)4-2-3-5-13/h6-7H,2-5H2,1H3,(H,16,17). The minimum Gasteiger partial charge on any atom is -0.495 e. The molecule has 1 aliphatic carbocycles. The summed E-state index contributed by atoms with van der Waals surface area (Å²) < 4.78 is 19.0. The second kappa shape index (κ2) is 4.76. The van der Waals surface area contributed by atoms with Gasteiger partial charge in [0.25, 0.3) is 0 Å². The number of halogens is 2. The van der Waals surface area contributed by atoms with Crippen LogP contribution in [0.3, 0.4) is 0 Å². The quantitative estimate of drug-likeness (QED) is 0.917. The van der Waals surface area contributed by atoms with Crippen LogP contribution in [-0.4, -0.2) is 18.2 Å². The van der Waals surface area contributed by atoms with Gasteiger partial charge in [-0.15, -0.1) is 0 Å². The molecule has 0 spiro atoms. The second-order valence-corrected chi connectivity index (χ2v) is 4.97. The molecule has 1 N–H and O–H groups in total. The highest BCUT2D eigenvalue weighted by molar-refractivity contribution is 6.32. The Morgan fingerprint density at radius 1 is 1.44 bits per heavy atom. The first-order chi connectivity index (χ1) is 8.51. The lowest BCUT2D eigenvalue weighted by Gasteiger charge is -2.25. The lowest BCUT2D eigenvalue weighted by Crippen LogP contribution is -2.33. The molecule has 0 aromatic heterocycles. The molecule has 0 unspecified atom stereocenters. The fourth-order valence-corrected chi connectivity index (χ4v) is 2.87. The molecule has 2 rings (SSSR count). The van der Waals surface area contributed by atoms with Crippen molar-refractivity contribution in [2.75, 3.05) is 7.11 Å². The molecule has 1 aromatic carbocycles. The van der Waals surface area contributed by atoms with Crippen molar-refractivity contribution in [3.63, 3.8) is 0 Å². The van der Waals surface area contributed by atoms with Gasteiger partial charge in [0, 0.05) is 11.6 Å². The Kier molecular flexibility index (Phi) is 3.48. The SMILES string of the molecule is COc1cc(F)c(C2(C(=O)O)CCCC2)cc1Cl. The monoisotopic (exact) mass is 272 g/mol. The highest BCUT2D eigenvalue weighted by Crippen LogP contribution is 2.44. The van der Waals surface area contributed by atoms with Crippen molar-refractivity contribution in [1.29, 1.82) is 0 Å². The van der Waals surface area contributed by atoms with E-state index in [1.807, 2.05) is 0 Å². The number of carboxylic acids is 1. The van der Waals surface area contributed by atoms with Gasteiger partial charge in [0.15, 0.2) is 0 Å². The summed E-state index contributed by atoms with van der Waals surface area (Å²) in [7, 11) is 1.39. The molecule has 0 bridgehead atoms. The molecule has 18 heavy (non-hydrogen) atoms. The fraction of sp³-hybridized carbons (Fsp3) is 0.462. The van der Waals surface area contributed by atoms with E-state index in [2.05, 4.69) is 0 Å². The summed E-state index contributed by atoms with van der Waals surface area (Å²) in [4.78, 5) is 11.5. The van der Waals surface area contributed by atoms with E-state index in [-0.39, 0.29) is 16.3 Å². The number of hydrogen-bond acceptors (Lipinski definition) is 2. The Bertz CT molecular complexity index is 481. The van der Waals surface area contributed by atoms with E-state index < -0.39 is 17.2 Å². The highest BCUT2D eigenvalue weighted by Gasteiger charge is 2.45. The average Bonchev–Trinajstić information content (AvgIpc) is 2.82. The van der Waals surface area contributed by atoms with Crippen molar-refractivity contribution in [2.45, 2.75) is 31.1 Å². The molecule has 1 aromatic rings. The lowest BCUT2D eigenvalue weighted by molar-refractivity contribution is -0.143. The molecule has 0 radical (unpaired) electrons. The maximum atomic E-state index is 14.1. The average molecular weight is 273 g/mol. The molecule has 0 atom stereocenters. The largest absolute Gasteiger partial charge is 0.495 e. The number of benzene rings is 1. The van der Waals surface area contributed by atoms with Gasteiger partial charge in [0.1, 0.15) is 11.6 Å². The molecule has 0 aliphatic heterocycles. The van der Waals surface area contributed by atoms with Crippen LogP contribution in [0.4, 0.5) is 4.39 Å². The maximum absolute atomic E-state index is 14.1. The van der Waals surface area contributed by atoms with Crippen LogP contribution in [0.1, 0.15) is 31.2 Å². The number of hydrogen-bond donors (Lipinski definition) is 1. The molecule has 0 heterocycles. The summed E-state index contributed by atoms with van der Waals surface area (Å²) in [5.74, 6) is -1.34. The number of ether oxygens (including phenoxy) is 1. The van der Waals surface area contributed by atoms with Crippen LogP contribution >= 0.6 is 11.6 Å². The zero-order valence-electron chi connectivity index (χ0n) is 10.0. The number of carboxylic acid groups (broad SMARTS) is 1. The van der Waals surface area contributed by atoms with Crippen molar-refractivity contribution in [3.05, 3.63) is 28.5 Å². The lowest BCUT2D eigenvalue weighted by atomic mass is 9.78. The van der Waals surface area contributed by atoms with E-state index in [1.165, 1.54) is 13.2 Å². The van der Waals surface area contributed by atoms with Gasteiger partial charge in [0.2, 0.25) is 0 Å². The number of rotatable bonds is 3. The van der Waals surface area contributed by atoms with Crippen LogP contribution in [0.25, 0.3) is 0 Å². The van der Waals surface area contributed by atoms with Crippen molar-refractivity contribution in [3.8, 4) is 5.75 Å². The summed E-state index contributed by atoms with van der Waals surface area (Å²) >= 11 is 5.96. The van der Waals surface area contributed by atoms with Gasteiger partial charge in [-0.1, -0.05) is 24.4 Å². The second-order valence-electron chi connectivity index (χ2n) is 4.56. The van der Waals surface area contributed by atoms with Crippen molar-refractivity contribution in [1.82, 2.24) is 0 Å². The third kappa shape index (κ3) is 1.94. The molecule has 0 saturated heterocycles. The van der Waals surface area contributed by atoms with Crippen molar-refractivity contribution >= 4 is 17.6 Å². The molecule has 1 fully saturated rings. The molecule has 0 amide bonds. The van der Waals surface area contributed by atoms with Gasteiger partial charge in [0.05, 0.1) is 17.5 Å². The molecule has 1 saturated carbocycles. The predicted octanol–water partition coefficient (Wildman–Crippen LogP) is 3.38. The van der Waals surface area contributed by atoms with E-state index in [1.54, 1.807) is 0 Å². The minimum atomic E-state index is -1.14. The van der Waals surface area contributed by atoms with E-state index >= 15 is 0 Å². The van der Waals surface area contributed by atoms with E-state index in [9.17, 15) is 14.3 Å². The summed E-state index contributed by atoms with van der Waals surface area (Å²) in [6.45, 7) is 0. The number of aliphatic carboxylic acids is 1. The van der Waals surface area contributed by atoms with Crippen molar-refractivity contribution < 1.29 is 19.0 Å². The minimum absolute atomic E-state index is 0.165. The maximum Gasteiger partial charge on any atom is 0.314 e. The third-order valence-corrected chi connectivity index (χ3v) is 3.92. The van der Waals surface area contributed by atoms with E-state index in [0.717, 1.165) is 18.9 Å². The highest BCUT2D eigenvalue weighted by atomic mass is 35.5. The van der Waals surface area contributed by atoms with E-state index in [0.29, 0.717) is 12.8 Å². The Labute approximate surface area is 110 Å². The first kappa shape index (κ1) is 13.1. The zero-order valence-corrected chi connectivity index (χ0v) is 10.8. The van der Waals surface area contributed by atoms with E-state index in [4.69, 9.17) is 16.3 Å². The molecule has 98 valence electrons. The van der Waals surface area contributed by atoms with Crippen LogP contribution in [0.5, 0.6) is 5.75 Å². The molecular formula is C13H14ClFO3. The van der Waals surface area contributed by atoms with Crippen LogP contribution in [-0.2, 0) is 10.2 Å². The van der Waals surface area contributed by atoms with Crippen LogP contribution < -0.4 is 4.74 Å². The van der Waals surface area contributed by atoms with Gasteiger partial charge < -0.3 is 9.84 Å². The normalized spacial score (nSPS) is 17.7. The van der Waals surface area contributed by atoms with Gasteiger partial charge in [-0.05, 0) is 18.9 Å². The number of methoxy groups -OCH3 is 1. The summed E-state index contributed by atoms with van der Waals surface area (Å²) in [6.07, 6.45) is 2.47. The van der Waals surface area contributed by atoms with Crippen LogP contribution in [0, 0.1) is 5.82 Å². The molecule has 1 aliphatic rings. The smallest absolute Gasteiger partial charge is 0.314 e. The number of carbonyl (C=O) groups is 1. The molecule has 3 nitrogen and oxygen atoms in total. The Hall–Kier alpha value is -1.29. The topological polar surface area (TPSA) is 46.5 Å². The van der Waals surface area contributed by atoms with Gasteiger partial charge in [-0.3, -0.25) is 4.79 Å². The first-order valence-electron chi connectivity index (χ1n) is 5.78. The fourth-order valence-electron chi connectivity index (χ4n) is 2.63. The Morgan fingerprint density at radius 2 is 2.06 bits per heavy atom. The van der Waals surface area contributed by atoms with Gasteiger partial charge in [-0.2, -0.15) is 0 Å². The van der Waals surface area contributed by atoms with Gasteiger partial charge in [-0.25, -0.2) is 4.39 Å². The predicted molar refractivity (Wildman–Crippen MR) is 65.7 cm³/mol. The van der Waals surface area contributed by atoms with Crippen LogP contribution in [0.2, 0.25) is 5.02 Å². The third-order valence-electron chi connectivity index (χ3n) is 3.62.